The second kappa shape index (κ2) is 11.7. The molecule has 0 saturated carbocycles. The molecule has 2 rings (SSSR count). The maximum atomic E-state index is 9.72. The van der Waals surface area contributed by atoms with Crippen molar-refractivity contribution in [1.29, 1.82) is 0 Å². The van der Waals surface area contributed by atoms with Crippen LogP contribution in [0, 0.1) is 0 Å². The Hall–Kier alpha value is -2.05. The molecule has 0 aliphatic rings. The van der Waals surface area contributed by atoms with Crippen molar-refractivity contribution in [1.82, 2.24) is 0 Å². The summed E-state index contributed by atoms with van der Waals surface area (Å²) < 4.78 is 5.28. The van der Waals surface area contributed by atoms with Gasteiger partial charge >= 0.3 is 0 Å². The largest absolute Gasteiger partial charge is 0.508 e. The second-order valence-electron chi connectivity index (χ2n) is 6.51. The van der Waals surface area contributed by atoms with E-state index in [0.29, 0.717) is 0 Å². The van der Waals surface area contributed by atoms with Crippen LogP contribution in [0.5, 0.6) is 11.5 Å². The molecule has 0 aromatic heterocycles. The summed E-state index contributed by atoms with van der Waals surface area (Å²) in [6.07, 6.45) is 7.50. The maximum Gasteiger partial charge on any atom is 0.192 e. The summed E-state index contributed by atoms with van der Waals surface area (Å²) in [5.74, 6) is 1.04. The zero-order chi connectivity index (χ0) is 20.4. The predicted octanol–water partition coefficient (Wildman–Crippen LogP) is 6.61. The number of aliphatic hydroxyl groups is 1. The average Bonchev–Trinajstić information content (AvgIpc) is 2.73. The first kappa shape index (κ1) is 22.2. The summed E-state index contributed by atoms with van der Waals surface area (Å²) in [7, 11) is 0. The van der Waals surface area contributed by atoms with Gasteiger partial charge in [0.1, 0.15) is 11.5 Å². The number of phenols is 1. The molecule has 28 heavy (non-hydrogen) atoms. The van der Waals surface area contributed by atoms with Crippen LogP contribution in [-0.4, -0.2) is 16.8 Å². The fraction of sp³-hybridized carbons (Fsp3) is 0.250. The predicted molar refractivity (Wildman–Crippen MR) is 125 cm³/mol. The third-order valence-corrected chi connectivity index (χ3v) is 5.10. The molecule has 2 aromatic rings. The SMILES string of the molecule is C=C/C(=C\C(CCCCO)=C(/c1ccc(O)cc1)c1ccc(OI)cc1)CC. The Labute approximate surface area is 181 Å². The molecular formula is C24H27IO3. The van der Waals surface area contributed by atoms with Crippen molar-refractivity contribution in [3.05, 3.63) is 89.5 Å². The minimum absolute atomic E-state index is 0.190. The molecular weight excluding hydrogens is 463 g/mol. The van der Waals surface area contributed by atoms with E-state index in [1.165, 1.54) is 11.1 Å². The van der Waals surface area contributed by atoms with Crippen molar-refractivity contribution in [2.75, 3.05) is 6.61 Å². The molecule has 0 aliphatic heterocycles. The summed E-state index contributed by atoms with van der Waals surface area (Å²) >= 11 is 1.88. The Bertz CT molecular complexity index is 818. The topological polar surface area (TPSA) is 49.7 Å². The first-order valence-corrected chi connectivity index (χ1v) is 10.4. The van der Waals surface area contributed by atoms with E-state index >= 15 is 0 Å². The maximum absolute atomic E-state index is 9.72. The van der Waals surface area contributed by atoms with Crippen molar-refractivity contribution in [2.45, 2.75) is 32.6 Å². The number of aromatic hydroxyl groups is 1. The van der Waals surface area contributed by atoms with E-state index in [2.05, 4.69) is 31.7 Å². The van der Waals surface area contributed by atoms with E-state index in [9.17, 15) is 10.2 Å². The van der Waals surface area contributed by atoms with Crippen LogP contribution < -0.4 is 3.07 Å². The smallest absolute Gasteiger partial charge is 0.192 e. The molecule has 148 valence electrons. The molecule has 0 spiro atoms. The molecule has 0 aliphatic carbocycles. The first-order valence-electron chi connectivity index (χ1n) is 9.48. The van der Waals surface area contributed by atoms with Gasteiger partial charge in [-0.3, -0.25) is 0 Å². The Morgan fingerprint density at radius 1 is 1.04 bits per heavy atom. The highest BCUT2D eigenvalue weighted by atomic mass is 127. The normalized spacial score (nSPS) is 12.5. The van der Waals surface area contributed by atoms with Gasteiger partial charge in [0.05, 0.1) is 0 Å². The highest BCUT2D eigenvalue weighted by Crippen LogP contribution is 2.33. The molecule has 2 N–H and O–H groups in total. The molecule has 0 amide bonds. The van der Waals surface area contributed by atoms with E-state index in [4.69, 9.17) is 3.07 Å². The number of phenolic OH excluding ortho intramolecular Hbond substituents is 1. The van der Waals surface area contributed by atoms with Gasteiger partial charge in [-0.1, -0.05) is 49.9 Å². The van der Waals surface area contributed by atoms with Crippen LogP contribution >= 0.6 is 23.0 Å². The van der Waals surface area contributed by atoms with Crippen LogP contribution in [0.2, 0.25) is 0 Å². The average molecular weight is 490 g/mol. The Morgan fingerprint density at radius 3 is 2.14 bits per heavy atom. The Morgan fingerprint density at radius 2 is 1.64 bits per heavy atom. The van der Waals surface area contributed by atoms with Gasteiger partial charge in [0.15, 0.2) is 23.0 Å². The van der Waals surface area contributed by atoms with E-state index < -0.39 is 0 Å². The number of halogens is 1. The van der Waals surface area contributed by atoms with Crippen LogP contribution in [0.4, 0.5) is 0 Å². The lowest BCUT2D eigenvalue weighted by Gasteiger charge is -2.16. The van der Waals surface area contributed by atoms with E-state index in [1.54, 1.807) is 12.1 Å². The molecule has 0 bridgehead atoms. The fourth-order valence-electron chi connectivity index (χ4n) is 3.06. The van der Waals surface area contributed by atoms with E-state index in [-0.39, 0.29) is 12.4 Å². The molecule has 3 nitrogen and oxygen atoms in total. The summed E-state index contributed by atoms with van der Waals surface area (Å²) in [6.45, 7) is 6.25. The molecule has 4 heteroatoms. The molecule has 0 atom stereocenters. The van der Waals surface area contributed by atoms with Crippen molar-refractivity contribution >= 4 is 28.6 Å². The zero-order valence-electron chi connectivity index (χ0n) is 16.2. The first-order chi connectivity index (χ1) is 13.6. The van der Waals surface area contributed by atoms with Gasteiger partial charge < -0.3 is 13.3 Å². The summed E-state index contributed by atoms with van der Waals surface area (Å²) in [4.78, 5) is 0. The minimum atomic E-state index is 0.190. The standard InChI is InChI=1S/C24H27IO3/c1-3-18(4-2)17-21(7-5-6-16-26)24(19-8-12-22(27)13-9-19)20-10-14-23(28-25)15-11-20/h3,8-15,17,26-27H,1,4-7,16H2,2H3/b18-17+,24-21+. The number of benzene rings is 2. The Kier molecular flexibility index (Phi) is 9.31. The zero-order valence-corrected chi connectivity index (χ0v) is 18.4. The molecule has 0 radical (unpaired) electrons. The highest BCUT2D eigenvalue weighted by molar-refractivity contribution is 14.1. The third kappa shape index (κ3) is 6.24. The summed E-state index contributed by atoms with van der Waals surface area (Å²) in [5.41, 5.74) is 5.60. The monoisotopic (exact) mass is 490 g/mol. The fourth-order valence-corrected chi connectivity index (χ4v) is 3.36. The van der Waals surface area contributed by atoms with Crippen LogP contribution in [0.3, 0.4) is 0 Å². The molecule has 2 aromatic carbocycles. The third-order valence-electron chi connectivity index (χ3n) is 4.59. The lowest BCUT2D eigenvalue weighted by molar-refractivity contribution is 0.285. The number of rotatable bonds is 10. The number of allylic oxidation sites excluding steroid dienone is 4. The van der Waals surface area contributed by atoms with Gasteiger partial charge in [0.2, 0.25) is 0 Å². The van der Waals surface area contributed by atoms with Crippen molar-refractivity contribution in [2.24, 2.45) is 0 Å². The van der Waals surface area contributed by atoms with Gasteiger partial charge in [0, 0.05) is 6.61 Å². The molecule has 0 saturated heterocycles. The van der Waals surface area contributed by atoms with Gasteiger partial charge in [-0.25, -0.2) is 0 Å². The lowest BCUT2D eigenvalue weighted by atomic mass is 9.89. The van der Waals surface area contributed by atoms with Crippen molar-refractivity contribution < 1.29 is 13.3 Å². The van der Waals surface area contributed by atoms with Gasteiger partial charge in [0.25, 0.3) is 0 Å². The highest BCUT2D eigenvalue weighted by Gasteiger charge is 2.12. The Balaban J connectivity index is 2.67. The van der Waals surface area contributed by atoms with Gasteiger partial charge in [-0.05, 0) is 77.8 Å². The number of aliphatic hydroxyl groups excluding tert-OH is 1. The van der Waals surface area contributed by atoms with Crippen LogP contribution in [0.1, 0.15) is 43.7 Å². The van der Waals surface area contributed by atoms with Crippen LogP contribution in [0.15, 0.2) is 78.4 Å². The lowest BCUT2D eigenvalue weighted by Crippen LogP contribution is -1.96. The van der Waals surface area contributed by atoms with E-state index in [0.717, 1.165) is 48.1 Å². The summed E-state index contributed by atoms with van der Waals surface area (Å²) in [5, 5.41) is 18.9. The van der Waals surface area contributed by atoms with Crippen LogP contribution in [-0.2, 0) is 0 Å². The quantitative estimate of drug-likeness (QED) is 0.224. The van der Waals surface area contributed by atoms with Crippen molar-refractivity contribution in [3.63, 3.8) is 0 Å². The number of unbranched alkanes of at least 4 members (excludes halogenated alkanes) is 1. The molecule has 0 unspecified atom stereocenters. The van der Waals surface area contributed by atoms with E-state index in [1.807, 2.05) is 53.3 Å². The molecule has 0 fully saturated rings. The number of hydrogen-bond donors (Lipinski definition) is 2. The van der Waals surface area contributed by atoms with Crippen LogP contribution in [0.25, 0.3) is 5.57 Å². The second-order valence-corrected chi connectivity index (χ2v) is 6.95. The van der Waals surface area contributed by atoms with Crippen molar-refractivity contribution in [3.8, 4) is 11.5 Å². The number of hydrogen-bond acceptors (Lipinski definition) is 3. The molecule has 0 heterocycles. The van der Waals surface area contributed by atoms with Gasteiger partial charge in [-0.2, -0.15) is 0 Å². The summed E-state index contributed by atoms with van der Waals surface area (Å²) in [6, 6.07) is 15.3. The minimum Gasteiger partial charge on any atom is -0.508 e. The van der Waals surface area contributed by atoms with Gasteiger partial charge in [-0.15, -0.1) is 0 Å².